The maximum atomic E-state index is 13.4. The third kappa shape index (κ3) is 6.65. The average molecular weight is 563 g/mol. The van der Waals surface area contributed by atoms with Crippen LogP contribution in [-0.2, 0) is 29.5 Å². The largest absolute Gasteiger partial charge is 0.490 e. The van der Waals surface area contributed by atoms with Crippen molar-refractivity contribution >= 4 is 36.6 Å². The number of fused-ring (bicyclic) bond motifs is 1. The minimum atomic E-state index is -4.07. The van der Waals surface area contributed by atoms with E-state index in [-0.39, 0.29) is 42.0 Å². The Labute approximate surface area is 222 Å². The molecule has 0 amide bonds. The molecule has 0 spiro atoms. The van der Waals surface area contributed by atoms with Crippen molar-refractivity contribution in [2.24, 2.45) is 0 Å². The van der Waals surface area contributed by atoms with Crippen molar-refractivity contribution in [1.29, 1.82) is 0 Å². The van der Waals surface area contributed by atoms with E-state index in [9.17, 15) is 16.8 Å². The molecule has 1 aromatic heterocycles. The molecule has 1 aliphatic rings. The Balaban J connectivity index is 1.56. The number of sulfonamides is 2. The standard InChI is InChI=1S/C25H30N4O7S2/c1-2-14-34-15-16-35-17-18-36-23-19-21(6-7-24(23)38(32,33)29-12-10-26-11-13-29)37(30,31)28-22-5-3-4-20-8-9-27-25(20)22/h1,3-9,19,26-28H,10-18H2. The molecule has 1 fully saturated rings. The number of H-pyrrole nitrogens is 1. The second-order valence-electron chi connectivity index (χ2n) is 8.33. The number of piperazine rings is 1. The number of terminal acetylenes is 1. The van der Waals surface area contributed by atoms with Gasteiger partial charge in [0.2, 0.25) is 10.0 Å². The molecule has 1 aliphatic heterocycles. The second-order valence-corrected chi connectivity index (χ2v) is 11.9. The molecule has 0 saturated carbocycles. The number of hydrogen-bond acceptors (Lipinski definition) is 8. The lowest BCUT2D eigenvalue weighted by Gasteiger charge is -2.27. The number of ether oxygens (including phenoxy) is 3. The van der Waals surface area contributed by atoms with Crippen LogP contribution in [0.2, 0.25) is 0 Å². The van der Waals surface area contributed by atoms with Crippen LogP contribution in [0.4, 0.5) is 5.69 Å². The number of rotatable bonds is 13. The van der Waals surface area contributed by atoms with E-state index >= 15 is 0 Å². The molecule has 0 atom stereocenters. The molecule has 3 aromatic rings. The Morgan fingerprint density at radius 3 is 2.53 bits per heavy atom. The molecule has 4 rings (SSSR count). The molecule has 0 radical (unpaired) electrons. The van der Waals surface area contributed by atoms with Crippen LogP contribution in [0.1, 0.15) is 0 Å². The number of hydrogen-bond donors (Lipinski definition) is 3. The summed E-state index contributed by atoms with van der Waals surface area (Å²) in [6, 6.07) is 10.8. The number of anilines is 1. The quantitative estimate of drug-likeness (QED) is 0.211. The van der Waals surface area contributed by atoms with E-state index in [0.29, 0.717) is 44.0 Å². The topological polar surface area (TPSA) is 139 Å². The highest BCUT2D eigenvalue weighted by molar-refractivity contribution is 7.92. The van der Waals surface area contributed by atoms with E-state index in [4.69, 9.17) is 20.6 Å². The molecule has 204 valence electrons. The van der Waals surface area contributed by atoms with E-state index in [1.165, 1.54) is 22.5 Å². The fraction of sp³-hybridized carbons (Fsp3) is 0.360. The van der Waals surface area contributed by atoms with Gasteiger partial charge in [0.15, 0.2) is 0 Å². The van der Waals surface area contributed by atoms with Crippen LogP contribution in [0.5, 0.6) is 5.75 Å². The van der Waals surface area contributed by atoms with Crippen molar-refractivity contribution in [1.82, 2.24) is 14.6 Å². The normalized spacial score (nSPS) is 14.8. The van der Waals surface area contributed by atoms with Gasteiger partial charge >= 0.3 is 0 Å². The van der Waals surface area contributed by atoms with Crippen LogP contribution in [0.15, 0.2) is 58.5 Å². The fourth-order valence-corrected chi connectivity index (χ4v) is 6.58. The third-order valence-corrected chi connectivity index (χ3v) is 9.09. The van der Waals surface area contributed by atoms with Gasteiger partial charge in [0.05, 0.1) is 35.9 Å². The SMILES string of the molecule is C#CCOCCOCCOc1cc(S(=O)(=O)Nc2cccc3cc[nH]c23)ccc1S(=O)(=O)N1CCNCC1. The van der Waals surface area contributed by atoms with Crippen molar-refractivity contribution < 1.29 is 31.0 Å². The van der Waals surface area contributed by atoms with Crippen molar-refractivity contribution in [2.45, 2.75) is 9.79 Å². The van der Waals surface area contributed by atoms with Crippen molar-refractivity contribution in [3.8, 4) is 18.1 Å². The second kappa shape index (κ2) is 12.6. The van der Waals surface area contributed by atoms with Gasteiger partial charge in [0.1, 0.15) is 23.9 Å². The lowest BCUT2D eigenvalue weighted by atomic mass is 10.2. The summed E-state index contributed by atoms with van der Waals surface area (Å²) in [6.07, 6.45) is 6.84. The first kappa shape index (κ1) is 27.9. The van der Waals surface area contributed by atoms with Crippen LogP contribution in [0, 0.1) is 12.3 Å². The van der Waals surface area contributed by atoms with Crippen LogP contribution in [0.3, 0.4) is 0 Å². The monoisotopic (exact) mass is 562 g/mol. The first-order valence-electron chi connectivity index (χ1n) is 12.0. The Morgan fingerprint density at radius 1 is 0.974 bits per heavy atom. The zero-order valence-corrected chi connectivity index (χ0v) is 22.3. The van der Waals surface area contributed by atoms with Gasteiger partial charge in [-0.25, -0.2) is 16.8 Å². The predicted octanol–water partition coefficient (Wildman–Crippen LogP) is 1.61. The highest BCUT2D eigenvalue weighted by atomic mass is 32.2. The average Bonchev–Trinajstić information content (AvgIpc) is 3.40. The fourth-order valence-electron chi connectivity index (χ4n) is 3.94. The lowest BCUT2D eigenvalue weighted by molar-refractivity contribution is 0.0458. The summed E-state index contributed by atoms with van der Waals surface area (Å²) in [5.74, 6) is 2.28. The Hall–Kier alpha value is -3.12. The molecule has 0 aliphatic carbocycles. The maximum Gasteiger partial charge on any atom is 0.262 e. The first-order valence-corrected chi connectivity index (χ1v) is 14.9. The maximum absolute atomic E-state index is 13.4. The van der Waals surface area contributed by atoms with E-state index in [0.717, 1.165) is 5.39 Å². The van der Waals surface area contributed by atoms with Crippen LogP contribution in [-0.4, -0.2) is 85.3 Å². The first-order chi connectivity index (χ1) is 18.3. The Bertz CT molecular complexity index is 1490. The highest BCUT2D eigenvalue weighted by Gasteiger charge is 2.30. The molecular formula is C25H30N4O7S2. The minimum Gasteiger partial charge on any atom is -0.490 e. The summed E-state index contributed by atoms with van der Waals surface area (Å²) >= 11 is 0. The number of nitrogens with zero attached hydrogens (tertiary/aromatic N) is 1. The van der Waals surface area contributed by atoms with Crippen molar-refractivity contribution in [3.63, 3.8) is 0 Å². The molecule has 2 heterocycles. The molecule has 0 bridgehead atoms. The van der Waals surface area contributed by atoms with Gasteiger partial charge < -0.3 is 24.5 Å². The van der Waals surface area contributed by atoms with Gasteiger partial charge in [-0.1, -0.05) is 18.1 Å². The molecule has 13 heteroatoms. The van der Waals surface area contributed by atoms with Crippen molar-refractivity contribution in [2.75, 3.05) is 63.9 Å². The van der Waals surface area contributed by atoms with Crippen molar-refractivity contribution in [3.05, 3.63) is 48.7 Å². The summed E-state index contributed by atoms with van der Waals surface area (Å²) in [5.41, 5.74) is 1.00. The van der Waals surface area contributed by atoms with Gasteiger partial charge in [0, 0.05) is 43.8 Å². The number of nitrogens with one attached hydrogen (secondary N) is 3. The summed E-state index contributed by atoms with van der Waals surface area (Å²) in [4.78, 5) is 2.77. The zero-order chi connectivity index (χ0) is 27.0. The Morgan fingerprint density at radius 2 is 1.74 bits per heavy atom. The summed E-state index contributed by atoms with van der Waals surface area (Å²) in [5, 5.41) is 3.96. The van der Waals surface area contributed by atoms with Gasteiger partial charge in [-0.3, -0.25) is 4.72 Å². The van der Waals surface area contributed by atoms with Crippen LogP contribution >= 0.6 is 0 Å². The van der Waals surface area contributed by atoms with Gasteiger partial charge in [-0.05, 0) is 24.3 Å². The Kier molecular flexibility index (Phi) is 9.26. The van der Waals surface area contributed by atoms with Gasteiger partial charge in [-0.2, -0.15) is 4.31 Å². The third-order valence-electron chi connectivity index (χ3n) is 5.79. The summed E-state index contributed by atoms with van der Waals surface area (Å²) in [6.45, 7) is 2.53. The molecule has 1 saturated heterocycles. The summed E-state index contributed by atoms with van der Waals surface area (Å²) < 4.78 is 73.6. The van der Waals surface area contributed by atoms with Crippen LogP contribution < -0.4 is 14.8 Å². The van der Waals surface area contributed by atoms with Gasteiger partial charge in [-0.15, -0.1) is 6.42 Å². The number of para-hydroxylation sites is 1. The highest BCUT2D eigenvalue weighted by Crippen LogP contribution is 2.31. The summed E-state index contributed by atoms with van der Waals surface area (Å²) in [7, 11) is -8.00. The number of aromatic nitrogens is 1. The molecule has 11 nitrogen and oxygen atoms in total. The van der Waals surface area contributed by atoms with E-state index in [2.05, 4.69) is 20.9 Å². The molecule has 0 unspecified atom stereocenters. The van der Waals surface area contributed by atoms with Crippen LogP contribution in [0.25, 0.3) is 10.9 Å². The lowest BCUT2D eigenvalue weighted by Crippen LogP contribution is -2.46. The number of benzene rings is 2. The molecular weight excluding hydrogens is 532 g/mol. The smallest absolute Gasteiger partial charge is 0.262 e. The molecule has 3 N–H and O–H groups in total. The van der Waals surface area contributed by atoms with E-state index in [1.54, 1.807) is 18.3 Å². The predicted molar refractivity (Wildman–Crippen MR) is 143 cm³/mol. The van der Waals surface area contributed by atoms with E-state index in [1.807, 2.05) is 12.1 Å². The molecule has 38 heavy (non-hydrogen) atoms. The molecule has 2 aromatic carbocycles. The number of aromatic amines is 1. The van der Waals surface area contributed by atoms with Gasteiger partial charge in [0.25, 0.3) is 10.0 Å². The zero-order valence-electron chi connectivity index (χ0n) is 20.7. The minimum absolute atomic E-state index is 0.00206. The van der Waals surface area contributed by atoms with E-state index < -0.39 is 20.0 Å².